The third kappa shape index (κ3) is 3.26. The molecule has 2 aromatic rings. The Labute approximate surface area is 128 Å². The van der Waals surface area contributed by atoms with Crippen molar-refractivity contribution in [3.63, 3.8) is 0 Å². The fourth-order valence-electron chi connectivity index (χ4n) is 2.77. The number of hydrogen-bond donors (Lipinski definition) is 1. The minimum atomic E-state index is -0.0361. The average molecular weight is 307 g/mol. The van der Waals surface area contributed by atoms with E-state index in [0.717, 1.165) is 37.9 Å². The van der Waals surface area contributed by atoms with E-state index in [-0.39, 0.29) is 5.56 Å². The molecule has 2 N–H and O–H groups in total. The second-order valence-electron chi connectivity index (χ2n) is 5.55. The molecule has 0 saturated carbocycles. The summed E-state index contributed by atoms with van der Waals surface area (Å²) in [5.74, 6) is 0. The summed E-state index contributed by atoms with van der Waals surface area (Å²) in [6.45, 7) is 3.45. The second kappa shape index (κ2) is 6.13. The molecule has 0 unspecified atom stereocenters. The minimum Gasteiger partial charge on any atom is -0.328 e. The van der Waals surface area contributed by atoms with Crippen molar-refractivity contribution in [2.75, 3.05) is 19.6 Å². The highest BCUT2D eigenvalue weighted by Crippen LogP contribution is 2.14. The molecule has 21 heavy (non-hydrogen) atoms. The predicted octanol–water partition coefficient (Wildman–Crippen LogP) is 1.47. The first-order valence-electron chi connectivity index (χ1n) is 7.27. The average Bonchev–Trinajstić information content (AvgIpc) is 2.48. The zero-order valence-corrected chi connectivity index (χ0v) is 12.6. The van der Waals surface area contributed by atoms with Gasteiger partial charge in [-0.05, 0) is 44.1 Å². The van der Waals surface area contributed by atoms with Crippen LogP contribution >= 0.6 is 11.6 Å². The molecular formula is C15H19ClN4O. The summed E-state index contributed by atoms with van der Waals surface area (Å²) in [5.41, 5.74) is 6.53. The maximum Gasteiger partial charge on any atom is 0.252 e. The lowest BCUT2D eigenvalue weighted by Gasteiger charge is -2.30. The fraction of sp³-hybridized carbons (Fsp3) is 0.467. The summed E-state index contributed by atoms with van der Waals surface area (Å²) in [6, 6.07) is 7.33. The van der Waals surface area contributed by atoms with Crippen LogP contribution in [0.4, 0.5) is 0 Å². The molecular weight excluding hydrogens is 288 g/mol. The van der Waals surface area contributed by atoms with Crippen LogP contribution in [-0.2, 0) is 6.54 Å². The van der Waals surface area contributed by atoms with Crippen molar-refractivity contribution >= 4 is 22.6 Å². The molecule has 0 amide bonds. The lowest BCUT2D eigenvalue weighted by atomic mass is 10.1. The van der Waals surface area contributed by atoms with Gasteiger partial charge >= 0.3 is 0 Å². The Morgan fingerprint density at radius 1 is 1.19 bits per heavy atom. The number of nitrogens with two attached hydrogens (primary N) is 1. The number of fused-ring (bicyclic) bond motifs is 1. The molecule has 1 fully saturated rings. The summed E-state index contributed by atoms with van der Waals surface area (Å²) < 4.78 is 1.70. The van der Waals surface area contributed by atoms with Gasteiger partial charge in [-0.1, -0.05) is 11.6 Å². The van der Waals surface area contributed by atoms with Crippen LogP contribution in [0.3, 0.4) is 0 Å². The SMILES string of the molecule is NC1CCN(CCn2c(=O)ccc3ccc(Cl)nc32)CC1. The Bertz CT molecular complexity index is 692. The normalized spacial score (nSPS) is 17.4. The van der Waals surface area contributed by atoms with Gasteiger partial charge in [-0.2, -0.15) is 0 Å². The quantitative estimate of drug-likeness (QED) is 0.872. The van der Waals surface area contributed by atoms with Gasteiger partial charge in [-0.3, -0.25) is 9.36 Å². The van der Waals surface area contributed by atoms with Crippen LogP contribution in [0.15, 0.2) is 29.1 Å². The number of likely N-dealkylation sites (tertiary alicyclic amines) is 1. The van der Waals surface area contributed by atoms with Crippen molar-refractivity contribution in [2.45, 2.75) is 25.4 Å². The number of piperidine rings is 1. The number of rotatable bonds is 3. The monoisotopic (exact) mass is 306 g/mol. The molecule has 5 nitrogen and oxygen atoms in total. The first-order chi connectivity index (χ1) is 10.1. The number of hydrogen-bond acceptors (Lipinski definition) is 4. The van der Waals surface area contributed by atoms with Gasteiger partial charge in [0.05, 0.1) is 0 Å². The van der Waals surface area contributed by atoms with Crippen LogP contribution in [0.1, 0.15) is 12.8 Å². The van der Waals surface area contributed by atoms with Gasteiger partial charge in [-0.25, -0.2) is 4.98 Å². The topological polar surface area (TPSA) is 64.2 Å². The van der Waals surface area contributed by atoms with Crippen molar-refractivity contribution in [1.29, 1.82) is 0 Å². The Morgan fingerprint density at radius 2 is 1.90 bits per heavy atom. The van der Waals surface area contributed by atoms with Crippen molar-refractivity contribution < 1.29 is 0 Å². The van der Waals surface area contributed by atoms with E-state index in [9.17, 15) is 4.79 Å². The molecule has 0 aliphatic carbocycles. The maximum atomic E-state index is 12.1. The number of aromatic nitrogens is 2. The Balaban J connectivity index is 1.81. The first kappa shape index (κ1) is 14.5. The second-order valence-corrected chi connectivity index (χ2v) is 5.94. The first-order valence-corrected chi connectivity index (χ1v) is 7.65. The highest BCUT2D eigenvalue weighted by molar-refractivity contribution is 6.29. The van der Waals surface area contributed by atoms with E-state index in [0.29, 0.717) is 23.4 Å². The predicted molar refractivity (Wildman–Crippen MR) is 84.7 cm³/mol. The standard InChI is InChI=1S/C15H19ClN4O/c16-13-3-1-11-2-4-14(21)20(15(11)18-13)10-9-19-7-5-12(17)6-8-19/h1-4,12H,5-10,17H2. The summed E-state index contributed by atoms with van der Waals surface area (Å²) in [6.07, 6.45) is 2.04. The third-order valence-corrected chi connectivity index (χ3v) is 4.28. The summed E-state index contributed by atoms with van der Waals surface area (Å²) >= 11 is 5.96. The van der Waals surface area contributed by atoms with Crippen molar-refractivity contribution in [3.05, 3.63) is 39.8 Å². The Hall–Kier alpha value is -1.43. The summed E-state index contributed by atoms with van der Waals surface area (Å²) in [5, 5.41) is 1.34. The number of pyridine rings is 2. The van der Waals surface area contributed by atoms with E-state index >= 15 is 0 Å². The lowest BCUT2D eigenvalue weighted by molar-refractivity contribution is 0.206. The summed E-state index contributed by atoms with van der Waals surface area (Å²) in [4.78, 5) is 18.8. The molecule has 1 aliphatic heterocycles. The van der Waals surface area contributed by atoms with E-state index in [2.05, 4.69) is 9.88 Å². The number of halogens is 1. The molecule has 6 heteroatoms. The smallest absolute Gasteiger partial charge is 0.252 e. The third-order valence-electron chi connectivity index (χ3n) is 4.07. The molecule has 2 aromatic heterocycles. The van der Waals surface area contributed by atoms with E-state index in [1.54, 1.807) is 22.8 Å². The van der Waals surface area contributed by atoms with Crippen LogP contribution in [0.5, 0.6) is 0 Å². The molecule has 112 valence electrons. The van der Waals surface area contributed by atoms with Crippen molar-refractivity contribution in [2.24, 2.45) is 5.73 Å². The Morgan fingerprint density at radius 3 is 2.67 bits per heavy atom. The minimum absolute atomic E-state index is 0.0361. The van der Waals surface area contributed by atoms with Gasteiger partial charge in [-0.15, -0.1) is 0 Å². The van der Waals surface area contributed by atoms with E-state index in [1.165, 1.54) is 0 Å². The van der Waals surface area contributed by atoms with Crippen molar-refractivity contribution in [3.8, 4) is 0 Å². The molecule has 0 radical (unpaired) electrons. The summed E-state index contributed by atoms with van der Waals surface area (Å²) in [7, 11) is 0. The van der Waals surface area contributed by atoms with Crippen LogP contribution in [0.2, 0.25) is 5.15 Å². The van der Waals surface area contributed by atoms with Gasteiger partial charge < -0.3 is 10.6 Å². The zero-order valence-electron chi connectivity index (χ0n) is 11.8. The van der Waals surface area contributed by atoms with Gasteiger partial charge in [0.25, 0.3) is 5.56 Å². The molecule has 3 rings (SSSR count). The lowest BCUT2D eigenvalue weighted by Crippen LogP contribution is -2.41. The molecule has 0 spiro atoms. The number of nitrogens with zero attached hydrogens (tertiary/aromatic N) is 3. The van der Waals surface area contributed by atoms with Crippen LogP contribution in [-0.4, -0.2) is 40.1 Å². The van der Waals surface area contributed by atoms with Gasteiger partial charge in [0.1, 0.15) is 10.8 Å². The largest absolute Gasteiger partial charge is 0.328 e. The maximum absolute atomic E-state index is 12.1. The van der Waals surface area contributed by atoms with E-state index in [4.69, 9.17) is 17.3 Å². The van der Waals surface area contributed by atoms with Crippen LogP contribution in [0, 0.1) is 0 Å². The molecule has 3 heterocycles. The molecule has 0 bridgehead atoms. The van der Waals surface area contributed by atoms with Gasteiger partial charge in [0.15, 0.2) is 0 Å². The molecule has 1 aliphatic rings. The highest BCUT2D eigenvalue weighted by Gasteiger charge is 2.16. The van der Waals surface area contributed by atoms with Gasteiger partial charge in [0, 0.05) is 30.6 Å². The molecule has 0 aromatic carbocycles. The molecule has 1 saturated heterocycles. The Kier molecular flexibility index (Phi) is 4.24. The van der Waals surface area contributed by atoms with Crippen LogP contribution < -0.4 is 11.3 Å². The van der Waals surface area contributed by atoms with Crippen LogP contribution in [0.25, 0.3) is 11.0 Å². The highest BCUT2D eigenvalue weighted by atomic mass is 35.5. The van der Waals surface area contributed by atoms with Crippen molar-refractivity contribution in [1.82, 2.24) is 14.5 Å². The van der Waals surface area contributed by atoms with E-state index < -0.39 is 0 Å². The van der Waals surface area contributed by atoms with Gasteiger partial charge in [0.2, 0.25) is 0 Å². The van der Waals surface area contributed by atoms with E-state index in [1.807, 2.05) is 6.07 Å². The molecule has 0 atom stereocenters. The fourth-order valence-corrected chi connectivity index (χ4v) is 2.91. The zero-order chi connectivity index (χ0) is 14.8.